The van der Waals surface area contributed by atoms with Crippen LogP contribution >= 0.6 is 11.3 Å². The van der Waals surface area contributed by atoms with Crippen LogP contribution in [0, 0.1) is 13.8 Å². The lowest BCUT2D eigenvalue weighted by Gasteiger charge is -2.13. The zero-order valence-corrected chi connectivity index (χ0v) is 12.9. The number of carbonyl (C=O) groups excluding carboxylic acids is 1. The number of aryl methyl sites for hydroxylation is 1. The quantitative estimate of drug-likeness (QED) is 0.860. The highest BCUT2D eigenvalue weighted by Crippen LogP contribution is 2.25. The van der Waals surface area contributed by atoms with E-state index in [0.717, 1.165) is 23.5 Å². The van der Waals surface area contributed by atoms with E-state index in [9.17, 15) is 4.79 Å². The molecule has 0 bridgehead atoms. The highest BCUT2D eigenvalue weighted by atomic mass is 32.1. The summed E-state index contributed by atoms with van der Waals surface area (Å²) >= 11 is 1.76. The van der Waals surface area contributed by atoms with E-state index >= 15 is 0 Å². The number of anilines is 2. The molecule has 0 saturated heterocycles. The van der Waals surface area contributed by atoms with Crippen LogP contribution in [0.25, 0.3) is 0 Å². The van der Waals surface area contributed by atoms with Gasteiger partial charge in [-0.2, -0.15) is 0 Å². The van der Waals surface area contributed by atoms with E-state index in [-0.39, 0.29) is 5.91 Å². The third kappa shape index (κ3) is 3.39. The first kappa shape index (κ1) is 14.6. The fourth-order valence-corrected chi connectivity index (χ4v) is 2.81. The second-order valence-electron chi connectivity index (χ2n) is 4.76. The van der Waals surface area contributed by atoms with Gasteiger partial charge in [-0.15, -0.1) is 11.3 Å². The van der Waals surface area contributed by atoms with Crippen LogP contribution < -0.4 is 10.6 Å². The van der Waals surface area contributed by atoms with E-state index in [4.69, 9.17) is 0 Å². The number of amides is 1. The Bertz CT molecular complexity index is 604. The molecule has 1 aromatic heterocycles. The SMILES string of the molecule is CCC(=O)Nc1cccc(NCc2sccc2C)c1C. The van der Waals surface area contributed by atoms with Gasteiger partial charge in [0.15, 0.2) is 0 Å². The minimum atomic E-state index is 0.0411. The summed E-state index contributed by atoms with van der Waals surface area (Å²) in [7, 11) is 0. The molecule has 1 aromatic carbocycles. The summed E-state index contributed by atoms with van der Waals surface area (Å²) in [5, 5.41) is 8.48. The van der Waals surface area contributed by atoms with Gasteiger partial charge in [0, 0.05) is 29.2 Å². The molecule has 0 saturated carbocycles. The Morgan fingerprint density at radius 1 is 1.20 bits per heavy atom. The predicted molar refractivity (Wildman–Crippen MR) is 86.5 cm³/mol. The number of thiophene rings is 1. The molecule has 1 amide bonds. The molecule has 2 rings (SSSR count). The number of nitrogens with one attached hydrogen (secondary N) is 2. The van der Waals surface area contributed by atoms with Crippen LogP contribution in [0.2, 0.25) is 0 Å². The van der Waals surface area contributed by atoms with Crippen molar-refractivity contribution in [1.29, 1.82) is 0 Å². The molecule has 2 aromatic rings. The third-order valence-corrected chi connectivity index (χ3v) is 4.36. The average molecular weight is 288 g/mol. The van der Waals surface area contributed by atoms with Crippen molar-refractivity contribution >= 4 is 28.6 Å². The van der Waals surface area contributed by atoms with Crippen molar-refractivity contribution in [3.05, 3.63) is 45.6 Å². The first-order chi connectivity index (χ1) is 9.61. The van der Waals surface area contributed by atoms with Crippen LogP contribution in [-0.2, 0) is 11.3 Å². The molecule has 0 aliphatic heterocycles. The number of hydrogen-bond donors (Lipinski definition) is 2. The fourth-order valence-electron chi connectivity index (χ4n) is 1.96. The summed E-state index contributed by atoms with van der Waals surface area (Å²) < 4.78 is 0. The molecule has 4 heteroatoms. The Kier molecular flexibility index (Phi) is 4.79. The number of benzene rings is 1. The monoisotopic (exact) mass is 288 g/mol. The smallest absolute Gasteiger partial charge is 0.224 e. The molecule has 20 heavy (non-hydrogen) atoms. The second kappa shape index (κ2) is 6.57. The van der Waals surface area contributed by atoms with Crippen molar-refractivity contribution < 1.29 is 4.79 Å². The van der Waals surface area contributed by atoms with Gasteiger partial charge in [-0.05, 0) is 48.6 Å². The van der Waals surface area contributed by atoms with Crippen LogP contribution in [0.3, 0.4) is 0 Å². The normalized spacial score (nSPS) is 10.3. The van der Waals surface area contributed by atoms with E-state index in [0.29, 0.717) is 6.42 Å². The summed E-state index contributed by atoms with van der Waals surface area (Å²) in [6.07, 6.45) is 0.492. The van der Waals surface area contributed by atoms with Gasteiger partial charge in [-0.1, -0.05) is 13.0 Å². The van der Waals surface area contributed by atoms with Crippen molar-refractivity contribution in [3.8, 4) is 0 Å². The maximum Gasteiger partial charge on any atom is 0.224 e. The molecule has 0 aliphatic rings. The molecule has 0 fully saturated rings. The Labute approximate surface area is 124 Å². The molecule has 0 aliphatic carbocycles. The van der Waals surface area contributed by atoms with E-state index in [1.165, 1.54) is 10.4 Å². The molecule has 1 heterocycles. The second-order valence-corrected chi connectivity index (χ2v) is 5.76. The molecule has 106 valence electrons. The van der Waals surface area contributed by atoms with Gasteiger partial charge in [0.25, 0.3) is 0 Å². The van der Waals surface area contributed by atoms with Gasteiger partial charge in [0.1, 0.15) is 0 Å². The lowest BCUT2D eigenvalue weighted by atomic mass is 10.1. The molecule has 0 radical (unpaired) electrons. The van der Waals surface area contributed by atoms with Gasteiger partial charge in [0.2, 0.25) is 5.91 Å². The summed E-state index contributed by atoms with van der Waals surface area (Å²) in [5.41, 5.74) is 4.33. The predicted octanol–water partition coefficient (Wildman–Crippen LogP) is 4.33. The Morgan fingerprint density at radius 2 is 1.95 bits per heavy atom. The van der Waals surface area contributed by atoms with Gasteiger partial charge in [-0.25, -0.2) is 0 Å². The third-order valence-electron chi connectivity index (χ3n) is 3.34. The molecule has 0 atom stereocenters. The summed E-state index contributed by atoms with van der Waals surface area (Å²) in [4.78, 5) is 12.8. The van der Waals surface area contributed by atoms with Crippen molar-refractivity contribution in [3.63, 3.8) is 0 Å². The van der Waals surface area contributed by atoms with Crippen molar-refractivity contribution in [1.82, 2.24) is 0 Å². The van der Waals surface area contributed by atoms with Crippen LogP contribution in [-0.4, -0.2) is 5.91 Å². The lowest BCUT2D eigenvalue weighted by Crippen LogP contribution is -2.11. The lowest BCUT2D eigenvalue weighted by molar-refractivity contribution is -0.115. The highest BCUT2D eigenvalue weighted by Gasteiger charge is 2.07. The van der Waals surface area contributed by atoms with Crippen LogP contribution in [0.1, 0.15) is 29.3 Å². The molecule has 3 nitrogen and oxygen atoms in total. The van der Waals surface area contributed by atoms with Crippen molar-refractivity contribution in [2.24, 2.45) is 0 Å². The van der Waals surface area contributed by atoms with E-state index in [1.807, 2.05) is 32.0 Å². The zero-order valence-electron chi connectivity index (χ0n) is 12.1. The minimum Gasteiger partial charge on any atom is -0.380 e. The highest BCUT2D eigenvalue weighted by molar-refractivity contribution is 7.10. The largest absolute Gasteiger partial charge is 0.380 e. The van der Waals surface area contributed by atoms with Gasteiger partial charge < -0.3 is 10.6 Å². The molecule has 0 spiro atoms. The summed E-state index contributed by atoms with van der Waals surface area (Å²) in [6, 6.07) is 8.07. The minimum absolute atomic E-state index is 0.0411. The van der Waals surface area contributed by atoms with Gasteiger partial charge in [0.05, 0.1) is 0 Å². The topological polar surface area (TPSA) is 41.1 Å². The molecular formula is C16H20N2OS. The average Bonchev–Trinajstić information content (AvgIpc) is 2.85. The number of rotatable bonds is 5. The van der Waals surface area contributed by atoms with Crippen LogP contribution in [0.15, 0.2) is 29.6 Å². The zero-order chi connectivity index (χ0) is 14.5. The molecular weight excluding hydrogens is 268 g/mol. The fraction of sp³-hybridized carbons (Fsp3) is 0.312. The first-order valence-electron chi connectivity index (χ1n) is 6.78. The number of hydrogen-bond acceptors (Lipinski definition) is 3. The van der Waals surface area contributed by atoms with E-state index in [2.05, 4.69) is 29.0 Å². The molecule has 2 N–H and O–H groups in total. The Balaban J connectivity index is 2.10. The van der Waals surface area contributed by atoms with Gasteiger partial charge in [-0.3, -0.25) is 4.79 Å². The van der Waals surface area contributed by atoms with Crippen molar-refractivity contribution in [2.75, 3.05) is 10.6 Å². The standard InChI is InChI=1S/C16H20N2OS/c1-4-16(19)18-14-7-5-6-13(12(14)3)17-10-15-11(2)8-9-20-15/h5-9,17H,4,10H2,1-3H3,(H,18,19). The summed E-state index contributed by atoms with van der Waals surface area (Å²) in [6.45, 7) is 6.81. The number of carbonyl (C=O) groups is 1. The maximum atomic E-state index is 11.5. The van der Waals surface area contributed by atoms with Crippen molar-refractivity contribution in [2.45, 2.75) is 33.7 Å². The van der Waals surface area contributed by atoms with E-state index < -0.39 is 0 Å². The van der Waals surface area contributed by atoms with E-state index in [1.54, 1.807) is 11.3 Å². The van der Waals surface area contributed by atoms with Crippen LogP contribution in [0.4, 0.5) is 11.4 Å². The Morgan fingerprint density at radius 3 is 2.60 bits per heavy atom. The summed E-state index contributed by atoms with van der Waals surface area (Å²) in [5.74, 6) is 0.0411. The molecule has 0 unspecified atom stereocenters. The van der Waals surface area contributed by atoms with Gasteiger partial charge >= 0.3 is 0 Å². The maximum absolute atomic E-state index is 11.5. The van der Waals surface area contributed by atoms with Crippen LogP contribution in [0.5, 0.6) is 0 Å². The Hall–Kier alpha value is -1.81. The first-order valence-corrected chi connectivity index (χ1v) is 7.66.